The molecule has 128 valence electrons. The van der Waals surface area contributed by atoms with Crippen LogP contribution in [0.25, 0.3) is 0 Å². The number of rotatable bonds is 7. The molecule has 0 radical (unpaired) electrons. The molecule has 0 saturated heterocycles. The van der Waals surface area contributed by atoms with Crippen LogP contribution in [0.3, 0.4) is 0 Å². The summed E-state index contributed by atoms with van der Waals surface area (Å²) < 4.78 is 5.64. The predicted octanol–water partition coefficient (Wildman–Crippen LogP) is 3.40. The molecule has 2 aromatic rings. The lowest BCUT2D eigenvalue weighted by atomic mass is 9.88. The zero-order chi connectivity index (χ0) is 17.6. The normalized spacial score (nSPS) is 14.5. The molecule has 2 rings (SSSR count). The van der Waals surface area contributed by atoms with E-state index in [0.717, 1.165) is 6.42 Å². The van der Waals surface area contributed by atoms with Crippen molar-refractivity contribution in [1.29, 1.82) is 0 Å². The van der Waals surface area contributed by atoms with Crippen LogP contribution in [0.2, 0.25) is 0 Å². The van der Waals surface area contributed by atoms with E-state index in [4.69, 9.17) is 4.74 Å². The van der Waals surface area contributed by atoms with Crippen LogP contribution in [0, 0.1) is 5.92 Å². The highest BCUT2D eigenvalue weighted by Gasteiger charge is 2.27. The fourth-order valence-electron chi connectivity index (χ4n) is 2.19. The highest BCUT2D eigenvalue weighted by Crippen LogP contribution is 2.21. The Bertz CT molecular complexity index is 654. The maximum absolute atomic E-state index is 12.2. The summed E-state index contributed by atoms with van der Waals surface area (Å²) in [7, 11) is 0. The molecule has 0 bridgehead atoms. The van der Waals surface area contributed by atoms with Gasteiger partial charge in [-0.25, -0.2) is 0 Å². The van der Waals surface area contributed by atoms with Crippen LogP contribution in [-0.2, 0) is 0 Å². The Morgan fingerprint density at radius 2 is 2.00 bits per heavy atom. The third-order valence-corrected chi connectivity index (χ3v) is 4.27. The van der Waals surface area contributed by atoms with Crippen molar-refractivity contribution >= 4 is 5.91 Å². The van der Waals surface area contributed by atoms with E-state index in [9.17, 15) is 9.90 Å². The first-order valence-corrected chi connectivity index (χ1v) is 8.11. The number of carbonyl (C=O) groups is 1. The number of ether oxygens (including phenoxy) is 1. The third kappa shape index (κ3) is 4.80. The van der Waals surface area contributed by atoms with Crippen LogP contribution in [0.15, 0.2) is 48.8 Å². The average Bonchev–Trinajstić information content (AvgIpc) is 2.60. The summed E-state index contributed by atoms with van der Waals surface area (Å²) in [5.41, 5.74) is -0.401. The molecular formula is C19H24N2O3. The lowest BCUT2D eigenvalue weighted by Crippen LogP contribution is -2.45. The number of pyridine rings is 1. The van der Waals surface area contributed by atoms with Gasteiger partial charge in [-0.3, -0.25) is 9.78 Å². The first kappa shape index (κ1) is 17.9. The second kappa shape index (κ2) is 7.93. The van der Waals surface area contributed by atoms with Crippen molar-refractivity contribution in [3.8, 4) is 11.5 Å². The van der Waals surface area contributed by atoms with E-state index in [-0.39, 0.29) is 18.4 Å². The van der Waals surface area contributed by atoms with Gasteiger partial charge in [0.1, 0.15) is 11.5 Å². The summed E-state index contributed by atoms with van der Waals surface area (Å²) in [5, 5.41) is 13.1. The molecule has 0 aliphatic rings. The van der Waals surface area contributed by atoms with Crippen LogP contribution in [-0.4, -0.2) is 28.1 Å². The third-order valence-electron chi connectivity index (χ3n) is 4.27. The smallest absolute Gasteiger partial charge is 0.251 e. The van der Waals surface area contributed by atoms with E-state index < -0.39 is 5.60 Å². The number of hydrogen-bond acceptors (Lipinski definition) is 4. The molecule has 0 aliphatic carbocycles. The maximum Gasteiger partial charge on any atom is 0.251 e. The number of benzene rings is 1. The number of amides is 1. The Hall–Kier alpha value is -2.40. The largest absolute Gasteiger partial charge is 0.456 e. The van der Waals surface area contributed by atoms with Gasteiger partial charge in [0.2, 0.25) is 0 Å². The summed E-state index contributed by atoms with van der Waals surface area (Å²) in [6, 6.07) is 10.5. The zero-order valence-electron chi connectivity index (χ0n) is 14.3. The molecule has 0 fully saturated rings. The summed E-state index contributed by atoms with van der Waals surface area (Å²) in [4.78, 5) is 16.2. The lowest BCUT2D eigenvalue weighted by Gasteiger charge is -2.29. The monoisotopic (exact) mass is 328 g/mol. The Balaban J connectivity index is 1.94. The minimum atomic E-state index is -0.923. The molecule has 0 spiro atoms. The minimum Gasteiger partial charge on any atom is -0.456 e. The van der Waals surface area contributed by atoms with Gasteiger partial charge in [-0.2, -0.15) is 0 Å². The van der Waals surface area contributed by atoms with Crippen LogP contribution in [0.4, 0.5) is 0 Å². The van der Waals surface area contributed by atoms with Gasteiger partial charge in [0.05, 0.1) is 11.8 Å². The highest BCUT2D eigenvalue weighted by molar-refractivity contribution is 5.94. The predicted molar refractivity (Wildman–Crippen MR) is 93.2 cm³/mol. The molecule has 0 aliphatic heterocycles. The number of hydrogen-bond donors (Lipinski definition) is 2. The molecule has 5 nitrogen and oxygen atoms in total. The van der Waals surface area contributed by atoms with Crippen molar-refractivity contribution in [3.05, 3.63) is 54.4 Å². The van der Waals surface area contributed by atoms with Gasteiger partial charge in [-0.05, 0) is 49.2 Å². The number of nitrogens with zero attached hydrogens (tertiary/aromatic N) is 1. The fourth-order valence-corrected chi connectivity index (χ4v) is 2.19. The van der Waals surface area contributed by atoms with Crippen LogP contribution < -0.4 is 10.1 Å². The summed E-state index contributed by atoms with van der Waals surface area (Å²) in [5.74, 6) is 1.16. The first-order chi connectivity index (χ1) is 11.4. The van der Waals surface area contributed by atoms with Gasteiger partial charge >= 0.3 is 0 Å². The van der Waals surface area contributed by atoms with Gasteiger partial charge < -0.3 is 15.2 Å². The van der Waals surface area contributed by atoms with Gasteiger partial charge in [0.15, 0.2) is 0 Å². The molecule has 1 aromatic heterocycles. The molecule has 1 aromatic carbocycles. The Labute approximate surface area is 142 Å². The van der Waals surface area contributed by atoms with Crippen LogP contribution >= 0.6 is 0 Å². The van der Waals surface area contributed by atoms with E-state index >= 15 is 0 Å². The van der Waals surface area contributed by atoms with Crippen molar-refractivity contribution < 1.29 is 14.6 Å². The van der Waals surface area contributed by atoms with Crippen molar-refractivity contribution in [2.24, 2.45) is 5.92 Å². The fraction of sp³-hybridized carbons (Fsp3) is 0.368. The second-order valence-electron chi connectivity index (χ2n) is 6.16. The molecule has 5 heteroatoms. The lowest BCUT2D eigenvalue weighted by molar-refractivity contribution is 0.00592. The zero-order valence-corrected chi connectivity index (χ0v) is 14.3. The van der Waals surface area contributed by atoms with Gasteiger partial charge in [0, 0.05) is 18.3 Å². The number of carbonyl (C=O) groups excluding carboxylic acids is 1. The molecule has 24 heavy (non-hydrogen) atoms. The Morgan fingerprint density at radius 3 is 2.58 bits per heavy atom. The minimum absolute atomic E-state index is 0.105. The van der Waals surface area contributed by atoms with Crippen molar-refractivity contribution in [1.82, 2.24) is 10.3 Å². The topological polar surface area (TPSA) is 71.5 Å². The van der Waals surface area contributed by atoms with Gasteiger partial charge in [0.25, 0.3) is 5.91 Å². The summed E-state index contributed by atoms with van der Waals surface area (Å²) in [6.45, 7) is 5.94. The Morgan fingerprint density at radius 1 is 1.29 bits per heavy atom. The molecule has 0 saturated carbocycles. The SMILES string of the molecule is CCC(C)C(C)(O)CNC(=O)c1ccc(Oc2cccnc2)cc1. The van der Waals surface area contributed by atoms with E-state index in [0.29, 0.717) is 17.1 Å². The van der Waals surface area contributed by atoms with E-state index in [1.54, 1.807) is 49.6 Å². The first-order valence-electron chi connectivity index (χ1n) is 8.11. The summed E-state index contributed by atoms with van der Waals surface area (Å²) >= 11 is 0. The van der Waals surface area contributed by atoms with Crippen molar-refractivity contribution in [2.45, 2.75) is 32.8 Å². The Kier molecular flexibility index (Phi) is 5.93. The quantitative estimate of drug-likeness (QED) is 0.817. The van der Waals surface area contributed by atoms with Gasteiger partial charge in [-0.15, -0.1) is 0 Å². The average molecular weight is 328 g/mol. The molecule has 1 amide bonds. The van der Waals surface area contributed by atoms with Crippen molar-refractivity contribution in [2.75, 3.05) is 6.54 Å². The maximum atomic E-state index is 12.2. The molecule has 2 unspecified atom stereocenters. The molecule has 2 N–H and O–H groups in total. The number of aliphatic hydroxyl groups is 1. The van der Waals surface area contributed by atoms with E-state index in [1.165, 1.54) is 0 Å². The molecule has 2 atom stereocenters. The number of aromatic nitrogens is 1. The van der Waals surface area contributed by atoms with Crippen LogP contribution in [0.5, 0.6) is 11.5 Å². The van der Waals surface area contributed by atoms with E-state index in [2.05, 4.69) is 10.3 Å². The van der Waals surface area contributed by atoms with Crippen molar-refractivity contribution in [3.63, 3.8) is 0 Å². The standard InChI is InChI=1S/C19H24N2O3/c1-4-14(2)19(3,23)13-21-18(22)15-7-9-16(10-8-15)24-17-6-5-11-20-12-17/h5-12,14,23H,4,13H2,1-3H3,(H,21,22). The van der Waals surface area contributed by atoms with E-state index in [1.807, 2.05) is 19.9 Å². The second-order valence-corrected chi connectivity index (χ2v) is 6.16. The number of nitrogens with one attached hydrogen (secondary N) is 1. The van der Waals surface area contributed by atoms with Gasteiger partial charge in [-0.1, -0.05) is 20.3 Å². The highest BCUT2D eigenvalue weighted by atomic mass is 16.5. The summed E-state index contributed by atoms with van der Waals surface area (Å²) in [6.07, 6.45) is 4.15. The molecule has 1 heterocycles. The molecular weight excluding hydrogens is 304 g/mol. The van der Waals surface area contributed by atoms with Crippen LogP contribution in [0.1, 0.15) is 37.6 Å².